The van der Waals surface area contributed by atoms with E-state index in [-0.39, 0.29) is 32.5 Å². The van der Waals surface area contributed by atoms with E-state index in [0.29, 0.717) is 6.54 Å². The molecule has 0 spiro atoms. The Kier molecular flexibility index (Phi) is 16.3. The molecule has 5 heavy (non-hydrogen) atoms. The van der Waals surface area contributed by atoms with Gasteiger partial charge in [0.25, 0.3) is 0 Å². The van der Waals surface area contributed by atoms with Crippen LogP contribution in [0.15, 0.2) is 0 Å². The van der Waals surface area contributed by atoms with Gasteiger partial charge in [0.15, 0.2) is 0 Å². The average Bonchev–Trinajstić information content (AvgIpc) is 1.37. The van der Waals surface area contributed by atoms with E-state index in [1.54, 1.807) is 0 Å². The summed E-state index contributed by atoms with van der Waals surface area (Å²) in [5.41, 5.74) is 4.78. The van der Waals surface area contributed by atoms with E-state index in [9.17, 15) is 0 Å². The first-order valence-corrected chi connectivity index (χ1v) is 1.22. The molecule has 0 aromatic rings. The minimum absolute atomic E-state index is 0. The fourth-order valence-corrected chi connectivity index (χ4v) is 0. The fourth-order valence-electron chi connectivity index (χ4n) is 0. The predicted molar refractivity (Wildman–Crippen MR) is 26.1 cm³/mol. The third-order valence-corrected chi connectivity index (χ3v) is 0.129. The fraction of sp³-hybridized carbons (Fsp3) is 1.00. The molecule has 0 saturated carbocycles. The van der Waals surface area contributed by atoms with Gasteiger partial charge >= 0.3 is 25.8 Å². The monoisotopic (exact) mass is 179 g/mol. The van der Waals surface area contributed by atoms with Crippen molar-refractivity contribution in [2.75, 3.05) is 13.2 Å². The van der Waals surface area contributed by atoms with Crippen LogP contribution >= 0.6 is 0 Å². The van der Waals surface area contributed by atoms with Crippen molar-refractivity contribution >= 4 is 25.8 Å². The van der Waals surface area contributed by atoms with Gasteiger partial charge in [0, 0.05) is 6.54 Å². The van der Waals surface area contributed by atoms with Crippen LogP contribution in [0.5, 0.6) is 0 Å². The standard InChI is InChI=1S/C2H7NO.In.3H/c3-1-2-4;;;;/h4H,1-3H2;;;;. The van der Waals surface area contributed by atoms with Crippen LogP contribution < -0.4 is 5.73 Å². The molecule has 0 rings (SSSR count). The molecule has 0 saturated heterocycles. The quantitative estimate of drug-likeness (QED) is 0.477. The van der Waals surface area contributed by atoms with E-state index in [1.165, 1.54) is 0 Å². The Labute approximate surface area is 50.1 Å². The van der Waals surface area contributed by atoms with Gasteiger partial charge in [0.2, 0.25) is 0 Å². The number of hydrogen-bond donors (Lipinski definition) is 2. The Balaban J connectivity index is 0. The zero-order valence-electron chi connectivity index (χ0n) is 2.44. The number of rotatable bonds is 1. The molecule has 0 aromatic heterocycles. The second kappa shape index (κ2) is 8.84. The summed E-state index contributed by atoms with van der Waals surface area (Å²) >= 11 is 0. The van der Waals surface area contributed by atoms with Crippen molar-refractivity contribution in [1.82, 2.24) is 0 Å². The van der Waals surface area contributed by atoms with Crippen molar-refractivity contribution in [3.05, 3.63) is 0 Å². The summed E-state index contributed by atoms with van der Waals surface area (Å²) in [6.07, 6.45) is 0. The minimum atomic E-state index is 0. The summed E-state index contributed by atoms with van der Waals surface area (Å²) < 4.78 is 0. The van der Waals surface area contributed by atoms with Gasteiger partial charge in [-0.15, -0.1) is 0 Å². The SMILES string of the molecule is NCCO.[InH3]. The van der Waals surface area contributed by atoms with Gasteiger partial charge in [-0.1, -0.05) is 0 Å². The summed E-state index contributed by atoms with van der Waals surface area (Å²) in [6.45, 7) is 0.472. The van der Waals surface area contributed by atoms with Crippen LogP contribution in [0, 0.1) is 0 Å². The molecule has 0 aliphatic rings. The maximum atomic E-state index is 7.75. The molecule has 2 nitrogen and oxygen atoms in total. The first-order chi connectivity index (χ1) is 1.91. The molecule has 3 heteroatoms. The van der Waals surface area contributed by atoms with Crippen LogP contribution in [-0.4, -0.2) is 44.1 Å². The molecule has 32 valence electrons. The van der Waals surface area contributed by atoms with E-state index in [0.717, 1.165) is 0 Å². The molecule has 0 heterocycles. The van der Waals surface area contributed by atoms with Crippen molar-refractivity contribution in [1.29, 1.82) is 0 Å². The summed E-state index contributed by atoms with van der Waals surface area (Å²) in [5, 5.41) is 7.75. The van der Waals surface area contributed by atoms with Gasteiger partial charge < -0.3 is 10.8 Å². The molecule has 0 aromatic carbocycles. The summed E-state index contributed by atoms with van der Waals surface area (Å²) in [7, 11) is 0. The van der Waals surface area contributed by atoms with E-state index in [2.05, 4.69) is 0 Å². The molecular weight excluding hydrogens is 169 g/mol. The van der Waals surface area contributed by atoms with Crippen LogP contribution in [0.25, 0.3) is 0 Å². The Morgan fingerprint density at radius 2 is 1.80 bits per heavy atom. The van der Waals surface area contributed by atoms with E-state index in [1.807, 2.05) is 0 Å². The van der Waals surface area contributed by atoms with Gasteiger partial charge in [-0.25, -0.2) is 0 Å². The molecule has 0 fully saturated rings. The van der Waals surface area contributed by atoms with Crippen molar-refractivity contribution in [3.63, 3.8) is 0 Å². The number of hydrogen-bond acceptors (Lipinski definition) is 2. The second-order valence-electron chi connectivity index (χ2n) is 0.512. The van der Waals surface area contributed by atoms with Crippen LogP contribution in [0.4, 0.5) is 0 Å². The maximum absolute atomic E-state index is 7.75. The summed E-state index contributed by atoms with van der Waals surface area (Å²) in [4.78, 5) is 0. The van der Waals surface area contributed by atoms with Crippen LogP contribution in [-0.2, 0) is 0 Å². The normalized spacial score (nSPS) is 6.00. The summed E-state index contributed by atoms with van der Waals surface area (Å²) in [5.74, 6) is 0. The molecule has 0 bridgehead atoms. The third kappa shape index (κ3) is 11.6. The molecular formula is C2H10InNO. The Morgan fingerprint density at radius 1 is 1.60 bits per heavy atom. The van der Waals surface area contributed by atoms with E-state index >= 15 is 0 Å². The summed E-state index contributed by atoms with van der Waals surface area (Å²) in [6, 6.07) is 0. The zero-order chi connectivity index (χ0) is 3.41. The molecule has 0 amide bonds. The van der Waals surface area contributed by atoms with Crippen molar-refractivity contribution in [2.24, 2.45) is 5.73 Å². The average molecular weight is 179 g/mol. The third-order valence-electron chi connectivity index (χ3n) is 0.129. The molecule has 0 atom stereocenters. The van der Waals surface area contributed by atoms with Crippen molar-refractivity contribution in [3.8, 4) is 0 Å². The van der Waals surface area contributed by atoms with Crippen LogP contribution in [0.2, 0.25) is 0 Å². The Morgan fingerprint density at radius 3 is 1.80 bits per heavy atom. The van der Waals surface area contributed by atoms with E-state index in [4.69, 9.17) is 10.8 Å². The first-order valence-electron chi connectivity index (χ1n) is 1.22. The van der Waals surface area contributed by atoms with Crippen molar-refractivity contribution in [2.45, 2.75) is 0 Å². The van der Waals surface area contributed by atoms with Crippen molar-refractivity contribution < 1.29 is 5.11 Å². The zero-order valence-corrected chi connectivity index (χ0v) is 2.44. The second-order valence-corrected chi connectivity index (χ2v) is 0.512. The van der Waals surface area contributed by atoms with Gasteiger partial charge in [0.1, 0.15) is 0 Å². The molecule has 0 aliphatic carbocycles. The van der Waals surface area contributed by atoms with E-state index < -0.39 is 0 Å². The molecule has 0 radical (unpaired) electrons. The number of aliphatic hydroxyl groups excluding tert-OH is 1. The number of aliphatic hydroxyl groups is 1. The number of nitrogens with two attached hydrogens (primary N) is 1. The molecule has 0 unspecified atom stereocenters. The Bertz CT molecular complexity index is 11.6. The van der Waals surface area contributed by atoms with Gasteiger partial charge in [0.05, 0.1) is 6.61 Å². The Hall–Kier alpha value is 0.790. The first kappa shape index (κ1) is 9.25. The van der Waals surface area contributed by atoms with Crippen LogP contribution in [0.1, 0.15) is 0 Å². The molecule has 0 aliphatic heterocycles. The molecule has 3 N–H and O–H groups in total. The van der Waals surface area contributed by atoms with Crippen LogP contribution in [0.3, 0.4) is 0 Å². The van der Waals surface area contributed by atoms with Gasteiger partial charge in [-0.3, -0.25) is 0 Å². The van der Waals surface area contributed by atoms with Gasteiger partial charge in [-0.2, -0.15) is 0 Å². The topological polar surface area (TPSA) is 46.2 Å². The predicted octanol–water partition coefficient (Wildman–Crippen LogP) is -2.25. The van der Waals surface area contributed by atoms with Gasteiger partial charge in [-0.05, 0) is 0 Å².